The molecule has 8 heteroatoms. The molecule has 252 valence electrons. The van der Waals surface area contributed by atoms with Crippen LogP contribution in [-0.2, 0) is 14.3 Å². The van der Waals surface area contributed by atoms with E-state index < -0.39 is 34.9 Å². The molecule has 4 unspecified atom stereocenters. The number of fused-ring (bicyclic) bond motifs is 5. The monoisotopic (exact) mass is 626 g/mol. The minimum absolute atomic E-state index is 0.0302. The Morgan fingerprint density at radius 2 is 1.62 bits per heavy atom. The van der Waals surface area contributed by atoms with Crippen molar-refractivity contribution in [3.8, 4) is 12.3 Å². The second kappa shape index (κ2) is 12.8. The number of unbranched alkanes of at least 4 members (excludes halogenated alkanes) is 1. The third-order valence-corrected chi connectivity index (χ3v) is 11.8. The smallest absolute Gasteiger partial charge is 0.408 e. The van der Waals surface area contributed by atoms with Crippen LogP contribution in [0.4, 0.5) is 9.59 Å². The zero-order valence-electron chi connectivity index (χ0n) is 29.0. The SMILES string of the molecule is C#C[C@H]1CCC2C3CC=C4C[C@@H](C(CCCCNC(=O)OC(C)(C)C)(NC(=O)OC(C)(C)C)C(=O)O)CC[C@]4(C)C3CC[C@@]21C. The molecular weight excluding hydrogens is 568 g/mol. The maximum atomic E-state index is 13.2. The van der Waals surface area contributed by atoms with Gasteiger partial charge in [-0.25, -0.2) is 14.4 Å². The van der Waals surface area contributed by atoms with Gasteiger partial charge in [0.1, 0.15) is 16.7 Å². The fourth-order valence-corrected chi connectivity index (χ4v) is 9.58. The highest BCUT2D eigenvalue weighted by molar-refractivity contribution is 5.85. The van der Waals surface area contributed by atoms with Crippen molar-refractivity contribution in [3.05, 3.63) is 11.6 Å². The number of aliphatic carboxylic acids is 1. The highest BCUT2D eigenvalue weighted by Crippen LogP contribution is 2.66. The lowest BCUT2D eigenvalue weighted by Crippen LogP contribution is -2.62. The number of amides is 2. The molecule has 0 aromatic carbocycles. The highest BCUT2D eigenvalue weighted by atomic mass is 16.6. The Balaban J connectivity index is 1.53. The highest BCUT2D eigenvalue weighted by Gasteiger charge is 2.60. The van der Waals surface area contributed by atoms with Crippen LogP contribution in [0, 0.1) is 52.8 Å². The van der Waals surface area contributed by atoms with Crippen molar-refractivity contribution in [2.24, 2.45) is 40.4 Å². The van der Waals surface area contributed by atoms with E-state index in [4.69, 9.17) is 15.9 Å². The number of nitrogens with one attached hydrogen (secondary N) is 2. The van der Waals surface area contributed by atoms with Gasteiger partial charge in [0.2, 0.25) is 0 Å². The van der Waals surface area contributed by atoms with E-state index in [1.807, 2.05) is 20.8 Å². The first-order valence-electron chi connectivity index (χ1n) is 17.2. The molecule has 0 aliphatic heterocycles. The van der Waals surface area contributed by atoms with Gasteiger partial charge in [0.15, 0.2) is 0 Å². The fraction of sp³-hybridized carbons (Fsp3) is 0.811. The lowest BCUT2D eigenvalue weighted by Gasteiger charge is -2.58. The number of alkyl carbamates (subject to hydrolysis) is 2. The maximum Gasteiger partial charge on any atom is 0.408 e. The summed E-state index contributed by atoms with van der Waals surface area (Å²) in [6.07, 6.45) is 16.5. The quantitative estimate of drug-likeness (QED) is 0.144. The van der Waals surface area contributed by atoms with Crippen LogP contribution in [0.25, 0.3) is 0 Å². The van der Waals surface area contributed by atoms with E-state index >= 15 is 0 Å². The number of ether oxygens (including phenoxy) is 2. The van der Waals surface area contributed by atoms with Gasteiger partial charge in [0, 0.05) is 12.5 Å². The fourth-order valence-electron chi connectivity index (χ4n) is 9.58. The van der Waals surface area contributed by atoms with Crippen molar-refractivity contribution >= 4 is 18.2 Å². The van der Waals surface area contributed by atoms with E-state index in [9.17, 15) is 19.5 Å². The van der Waals surface area contributed by atoms with Crippen molar-refractivity contribution in [2.75, 3.05) is 6.54 Å². The number of terminal acetylenes is 1. The zero-order valence-corrected chi connectivity index (χ0v) is 29.0. The molecule has 4 aliphatic carbocycles. The first-order chi connectivity index (χ1) is 20.8. The van der Waals surface area contributed by atoms with E-state index in [0.717, 1.165) is 25.7 Å². The van der Waals surface area contributed by atoms with Gasteiger partial charge >= 0.3 is 18.2 Å². The summed E-state index contributed by atoms with van der Waals surface area (Å²) >= 11 is 0. The average molecular weight is 627 g/mol. The lowest BCUT2D eigenvalue weighted by atomic mass is 9.46. The minimum Gasteiger partial charge on any atom is -0.479 e. The largest absolute Gasteiger partial charge is 0.479 e. The van der Waals surface area contributed by atoms with Crippen LogP contribution in [0.2, 0.25) is 0 Å². The van der Waals surface area contributed by atoms with Crippen LogP contribution >= 0.6 is 0 Å². The third-order valence-electron chi connectivity index (χ3n) is 11.8. The van der Waals surface area contributed by atoms with Crippen molar-refractivity contribution in [1.82, 2.24) is 10.6 Å². The van der Waals surface area contributed by atoms with Crippen molar-refractivity contribution < 1.29 is 29.0 Å². The van der Waals surface area contributed by atoms with E-state index in [2.05, 4.69) is 36.5 Å². The Labute approximate surface area is 271 Å². The summed E-state index contributed by atoms with van der Waals surface area (Å²) in [7, 11) is 0. The summed E-state index contributed by atoms with van der Waals surface area (Å²) in [6.45, 7) is 15.9. The van der Waals surface area contributed by atoms with Crippen molar-refractivity contribution in [3.63, 3.8) is 0 Å². The molecule has 0 saturated heterocycles. The molecular formula is C37H58N2O6. The number of carbonyl (C=O) groups excluding carboxylic acids is 2. The molecule has 4 rings (SSSR count). The van der Waals surface area contributed by atoms with Crippen LogP contribution in [-0.4, -0.2) is 46.5 Å². The number of allylic oxidation sites excluding steroid dienone is 2. The molecule has 0 heterocycles. The van der Waals surface area contributed by atoms with Gasteiger partial charge in [0.25, 0.3) is 0 Å². The molecule has 3 N–H and O–H groups in total. The molecule has 45 heavy (non-hydrogen) atoms. The first-order valence-corrected chi connectivity index (χ1v) is 17.2. The molecule has 4 aliphatic rings. The van der Waals surface area contributed by atoms with Gasteiger partial charge in [-0.3, -0.25) is 0 Å². The van der Waals surface area contributed by atoms with E-state index in [1.165, 1.54) is 18.4 Å². The van der Waals surface area contributed by atoms with Gasteiger partial charge in [-0.1, -0.05) is 25.5 Å². The summed E-state index contributed by atoms with van der Waals surface area (Å²) < 4.78 is 10.9. The summed E-state index contributed by atoms with van der Waals surface area (Å²) in [5, 5.41) is 16.5. The number of carboxylic acid groups (broad SMARTS) is 1. The Morgan fingerprint density at radius 1 is 0.956 bits per heavy atom. The van der Waals surface area contributed by atoms with Gasteiger partial charge in [-0.2, -0.15) is 0 Å². The Morgan fingerprint density at radius 3 is 2.24 bits per heavy atom. The second-order valence-corrected chi connectivity index (χ2v) is 16.8. The second-order valence-electron chi connectivity index (χ2n) is 16.8. The zero-order chi connectivity index (χ0) is 33.4. The van der Waals surface area contributed by atoms with Gasteiger partial charge in [-0.05, 0) is 147 Å². The standard InChI is InChI=1S/C37H58N2O6/c1-10-24-14-16-28-27-15-13-25-23-26(17-20-36(25,9)29(27)18-21-35(24,28)8)37(30(40)41,39-32(43)45-34(5,6)7)19-11-12-22-38-31(42)44-33(2,3)4/h1,13,24,26-29H,11-12,14-23H2,2-9H3,(H,38,42)(H,39,43)(H,40,41)/t24-,26-,27?,28?,29?,35+,36-,37?/m0/s1. The van der Waals surface area contributed by atoms with E-state index in [1.54, 1.807) is 20.8 Å². The van der Waals surface area contributed by atoms with Crippen LogP contribution in [0.1, 0.15) is 126 Å². The molecule has 0 aromatic heterocycles. The molecule has 2 amide bonds. The topological polar surface area (TPSA) is 114 Å². The third kappa shape index (κ3) is 7.33. The lowest BCUT2D eigenvalue weighted by molar-refractivity contribution is -0.149. The van der Waals surface area contributed by atoms with Crippen molar-refractivity contribution in [2.45, 2.75) is 143 Å². The van der Waals surface area contributed by atoms with Gasteiger partial charge in [-0.15, -0.1) is 12.3 Å². The van der Waals surface area contributed by atoms with Crippen LogP contribution < -0.4 is 10.6 Å². The Bertz CT molecular complexity index is 1210. The van der Waals surface area contributed by atoms with Crippen molar-refractivity contribution in [1.29, 1.82) is 0 Å². The molecule has 0 bridgehead atoms. The summed E-state index contributed by atoms with van der Waals surface area (Å²) in [4.78, 5) is 38.5. The predicted octanol–water partition coefficient (Wildman–Crippen LogP) is 7.86. The van der Waals surface area contributed by atoms with E-state index in [0.29, 0.717) is 55.9 Å². The maximum absolute atomic E-state index is 13.2. The average Bonchev–Trinajstić information content (AvgIpc) is 3.26. The first kappa shape index (κ1) is 35.2. The molecule has 8 atom stereocenters. The normalized spacial score (nSPS) is 34.0. The molecule has 0 spiro atoms. The summed E-state index contributed by atoms with van der Waals surface area (Å²) in [5.41, 5.74) is -1.22. The number of hydrogen-bond acceptors (Lipinski definition) is 5. The Hall–Kier alpha value is -2.69. The van der Waals surface area contributed by atoms with Gasteiger partial charge < -0.3 is 25.2 Å². The Kier molecular flexibility index (Phi) is 10.0. The number of carbonyl (C=O) groups is 3. The molecule has 0 radical (unpaired) electrons. The molecule has 3 saturated carbocycles. The van der Waals surface area contributed by atoms with Gasteiger partial charge in [0.05, 0.1) is 0 Å². The number of rotatable bonds is 8. The number of hydrogen-bond donors (Lipinski definition) is 3. The minimum atomic E-state index is -1.48. The van der Waals surface area contributed by atoms with E-state index in [-0.39, 0.29) is 23.2 Å². The summed E-state index contributed by atoms with van der Waals surface area (Å²) in [5.74, 6) is 4.02. The predicted molar refractivity (Wildman–Crippen MR) is 175 cm³/mol. The molecule has 3 fully saturated rings. The van der Waals surface area contributed by atoms with Crippen LogP contribution in [0.5, 0.6) is 0 Å². The van der Waals surface area contributed by atoms with Crippen LogP contribution in [0.15, 0.2) is 11.6 Å². The van der Waals surface area contributed by atoms with Crippen LogP contribution in [0.3, 0.4) is 0 Å². The summed E-state index contributed by atoms with van der Waals surface area (Å²) in [6, 6.07) is 0. The molecule has 0 aromatic rings. The number of carboxylic acids is 1. The molecule has 8 nitrogen and oxygen atoms in total.